The molecular formula is C23H20F3N3O4. The van der Waals surface area contributed by atoms with Crippen LogP contribution in [0.25, 0.3) is 11.3 Å². The number of rotatable bonds is 5. The Morgan fingerprint density at radius 2 is 1.94 bits per heavy atom. The van der Waals surface area contributed by atoms with Gasteiger partial charge < -0.3 is 14.5 Å². The molecule has 0 unspecified atom stereocenters. The highest BCUT2D eigenvalue weighted by Crippen LogP contribution is 2.38. The van der Waals surface area contributed by atoms with E-state index in [4.69, 9.17) is 9.47 Å². The van der Waals surface area contributed by atoms with Crippen molar-refractivity contribution in [2.24, 2.45) is 0 Å². The number of hydrogen-bond acceptors (Lipinski definition) is 5. The highest BCUT2D eigenvalue weighted by molar-refractivity contribution is 6.04. The van der Waals surface area contributed by atoms with E-state index in [9.17, 15) is 22.8 Å². The van der Waals surface area contributed by atoms with E-state index in [1.165, 1.54) is 30.5 Å². The number of ether oxygens (including phenoxy) is 2. The van der Waals surface area contributed by atoms with Gasteiger partial charge in [0.25, 0.3) is 0 Å². The molecule has 1 N–H and O–H groups in total. The number of hydrogen-bond donors (Lipinski definition) is 1. The minimum absolute atomic E-state index is 0.0694. The van der Waals surface area contributed by atoms with Crippen LogP contribution >= 0.6 is 0 Å². The Bertz CT molecular complexity index is 1180. The predicted octanol–water partition coefficient (Wildman–Crippen LogP) is 4.37. The maximum Gasteiger partial charge on any atom is 0.422 e. The third kappa shape index (κ3) is 4.84. The smallest absolute Gasteiger partial charge is 0.422 e. The zero-order chi connectivity index (χ0) is 23.6. The van der Waals surface area contributed by atoms with E-state index in [2.05, 4.69) is 9.97 Å². The standard InChI is InChI=1S/C23H20F3N3O4/c1-32-22(31)29-11-17-20(18(30)12-29)16(9-14-5-3-2-4-6-14)21(28-17)15-7-8-27-10-19(15)33-13-23(24,25)26/h2-8,10,28H,9,11-13H2,1H3. The van der Waals surface area contributed by atoms with E-state index in [1.54, 1.807) is 0 Å². The molecule has 0 saturated heterocycles. The number of methoxy groups -OCH3 is 1. The summed E-state index contributed by atoms with van der Waals surface area (Å²) in [7, 11) is 1.23. The van der Waals surface area contributed by atoms with Crippen LogP contribution in [0.5, 0.6) is 5.75 Å². The van der Waals surface area contributed by atoms with Crippen molar-refractivity contribution < 1.29 is 32.2 Å². The van der Waals surface area contributed by atoms with Gasteiger partial charge in [0, 0.05) is 29.4 Å². The number of nitrogens with zero attached hydrogens (tertiary/aromatic N) is 2. The number of pyridine rings is 1. The van der Waals surface area contributed by atoms with Crippen molar-refractivity contribution in [2.75, 3.05) is 20.3 Å². The molecule has 0 radical (unpaired) electrons. The fourth-order valence-corrected chi connectivity index (χ4v) is 3.88. The first-order chi connectivity index (χ1) is 15.8. The minimum atomic E-state index is -4.52. The summed E-state index contributed by atoms with van der Waals surface area (Å²) in [5.41, 5.74) is 3.23. The minimum Gasteiger partial charge on any atom is -0.482 e. The van der Waals surface area contributed by atoms with Crippen molar-refractivity contribution in [3.05, 3.63) is 71.2 Å². The Labute approximate surface area is 187 Å². The molecule has 0 atom stereocenters. The van der Waals surface area contributed by atoms with Crippen molar-refractivity contribution in [2.45, 2.75) is 19.1 Å². The summed E-state index contributed by atoms with van der Waals surface area (Å²) >= 11 is 0. The number of alkyl halides is 3. The lowest BCUT2D eigenvalue weighted by atomic mass is 9.93. The Kier molecular flexibility index (Phi) is 6.08. The molecule has 2 aromatic heterocycles. The number of H-pyrrole nitrogens is 1. The third-order valence-electron chi connectivity index (χ3n) is 5.25. The Balaban J connectivity index is 1.82. The van der Waals surface area contributed by atoms with Crippen molar-refractivity contribution in [1.82, 2.24) is 14.9 Å². The second-order valence-electron chi connectivity index (χ2n) is 7.52. The molecule has 0 aliphatic carbocycles. The van der Waals surface area contributed by atoms with Crippen LogP contribution in [0.3, 0.4) is 0 Å². The number of Topliss-reactive ketones (excluding diaryl/α,β-unsaturated/α-hetero) is 1. The van der Waals surface area contributed by atoms with E-state index in [0.717, 1.165) is 5.56 Å². The Hall–Kier alpha value is -3.82. The largest absolute Gasteiger partial charge is 0.482 e. The third-order valence-corrected chi connectivity index (χ3v) is 5.25. The molecule has 10 heteroatoms. The van der Waals surface area contributed by atoms with Crippen molar-refractivity contribution in [1.29, 1.82) is 0 Å². The molecule has 1 aliphatic rings. The van der Waals surface area contributed by atoms with Gasteiger partial charge in [-0.15, -0.1) is 0 Å². The topological polar surface area (TPSA) is 84.5 Å². The number of halogens is 3. The number of carbonyl (C=O) groups is 2. The number of benzene rings is 1. The van der Waals surface area contributed by atoms with Crippen LogP contribution in [0.1, 0.15) is 27.2 Å². The van der Waals surface area contributed by atoms with Crippen LogP contribution in [0.15, 0.2) is 48.8 Å². The van der Waals surface area contributed by atoms with Crippen LogP contribution in [-0.2, 0) is 17.7 Å². The molecule has 0 fully saturated rings. The molecule has 33 heavy (non-hydrogen) atoms. The highest BCUT2D eigenvalue weighted by Gasteiger charge is 2.34. The Morgan fingerprint density at radius 3 is 2.64 bits per heavy atom. The van der Waals surface area contributed by atoms with Crippen LogP contribution in [0.4, 0.5) is 18.0 Å². The first-order valence-electron chi connectivity index (χ1n) is 10.0. The fraction of sp³-hybridized carbons (Fsp3) is 0.261. The molecule has 3 aromatic rings. The second kappa shape index (κ2) is 8.97. The average molecular weight is 459 g/mol. The number of fused-ring (bicyclic) bond motifs is 1. The van der Waals surface area contributed by atoms with Crippen molar-refractivity contribution >= 4 is 11.9 Å². The van der Waals surface area contributed by atoms with Gasteiger partial charge in [0.2, 0.25) is 0 Å². The molecule has 7 nitrogen and oxygen atoms in total. The number of ketones is 1. The van der Waals surface area contributed by atoms with E-state index >= 15 is 0 Å². The van der Waals surface area contributed by atoms with E-state index < -0.39 is 18.9 Å². The summed E-state index contributed by atoms with van der Waals surface area (Å²) < 4.78 is 48.1. The monoisotopic (exact) mass is 459 g/mol. The molecule has 1 aromatic carbocycles. The van der Waals surface area contributed by atoms with Crippen LogP contribution in [0.2, 0.25) is 0 Å². The summed E-state index contributed by atoms with van der Waals surface area (Å²) in [6, 6.07) is 10.9. The maximum atomic E-state index is 13.1. The zero-order valence-electron chi connectivity index (χ0n) is 17.6. The van der Waals surface area contributed by atoms with Crippen molar-refractivity contribution in [3.8, 4) is 17.0 Å². The van der Waals surface area contributed by atoms with Gasteiger partial charge in [-0.2, -0.15) is 13.2 Å². The zero-order valence-corrected chi connectivity index (χ0v) is 17.6. The molecule has 1 amide bonds. The van der Waals surface area contributed by atoms with Gasteiger partial charge in [0.05, 0.1) is 32.1 Å². The van der Waals surface area contributed by atoms with E-state index in [-0.39, 0.29) is 24.6 Å². The summed E-state index contributed by atoms with van der Waals surface area (Å²) in [6.07, 6.45) is -2.17. The number of aromatic nitrogens is 2. The van der Waals surface area contributed by atoms with Gasteiger partial charge in [0.15, 0.2) is 12.4 Å². The summed E-state index contributed by atoms with van der Waals surface area (Å²) in [4.78, 5) is 33.4. The maximum absolute atomic E-state index is 13.1. The first kappa shape index (κ1) is 22.4. The summed E-state index contributed by atoms with van der Waals surface area (Å²) in [6.45, 7) is -1.54. The van der Waals surface area contributed by atoms with Crippen LogP contribution in [-0.4, -0.2) is 53.2 Å². The Morgan fingerprint density at radius 1 is 1.18 bits per heavy atom. The van der Waals surface area contributed by atoms with Crippen LogP contribution in [0, 0.1) is 0 Å². The highest BCUT2D eigenvalue weighted by atomic mass is 19.4. The van der Waals surface area contributed by atoms with E-state index in [1.807, 2.05) is 30.3 Å². The molecule has 0 saturated carbocycles. The molecular weight excluding hydrogens is 439 g/mol. The van der Waals surface area contributed by atoms with Gasteiger partial charge in [-0.3, -0.25) is 14.7 Å². The molecule has 172 valence electrons. The number of aromatic amines is 1. The lowest BCUT2D eigenvalue weighted by molar-refractivity contribution is -0.153. The van der Waals surface area contributed by atoms with Gasteiger partial charge >= 0.3 is 12.3 Å². The number of amides is 1. The average Bonchev–Trinajstić information content (AvgIpc) is 3.16. The van der Waals surface area contributed by atoms with Gasteiger partial charge in [-0.1, -0.05) is 30.3 Å². The lowest BCUT2D eigenvalue weighted by Gasteiger charge is -2.25. The number of nitrogens with one attached hydrogen (secondary N) is 1. The lowest BCUT2D eigenvalue weighted by Crippen LogP contribution is -2.39. The fourth-order valence-electron chi connectivity index (χ4n) is 3.88. The van der Waals surface area contributed by atoms with Gasteiger partial charge in [-0.25, -0.2) is 4.79 Å². The number of carbonyl (C=O) groups excluding carboxylic acids is 2. The van der Waals surface area contributed by atoms with E-state index in [0.29, 0.717) is 34.5 Å². The molecule has 0 bridgehead atoms. The van der Waals surface area contributed by atoms with Crippen molar-refractivity contribution in [3.63, 3.8) is 0 Å². The summed E-state index contributed by atoms with van der Waals surface area (Å²) in [5, 5.41) is 0. The molecule has 4 rings (SSSR count). The normalized spacial score (nSPS) is 13.6. The first-order valence-corrected chi connectivity index (χ1v) is 10.0. The molecule has 3 heterocycles. The predicted molar refractivity (Wildman–Crippen MR) is 112 cm³/mol. The quantitative estimate of drug-likeness (QED) is 0.613. The summed E-state index contributed by atoms with van der Waals surface area (Å²) in [5.74, 6) is -0.359. The molecule has 0 spiro atoms. The van der Waals surface area contributed by atoms with Crippen LogP contribution < -0.4 is 4.74 Å². The van der Waals surface area contributed by atoms with Gasteiger partial charge in [0.1, 0.15) is 5.75 Å². The SMILES string of the molecule is COC(=O)N1CC(=O)c2c([nH]c(-c3ccncc3OCC(F)(F)F)c2Cc2ccccc2)C1. The van der Waals surface area contributed by atoms with Gasteiger partial charge in [-0.05, 0) is 17.2 Å². The molecule has 1 aliphatic heterocycles. The second-order valence-corrected chi connectivity index (χ2v) is 7.52.